The second-order valence-corrected chi connectivity index (χ2v) is 5.80. The van der Waals surface area contributed by atoms with Crippen molar-refractivity contribution in [3.05, 3.63) is 29.8 Å². The molecule has 1 aromatic carbocycles. The van der Waals surface area contributed by atoms with Crippen LogP contribution in [0.15, 0.2) is 24.3 Å². The summed E-state index contributed by atoms with van der Waals surface area (Å²) in [5.41, 5.74) is 0.808. The summed E-state index contributed by atoms with van der Waals surface area (Å²) in [6, 6.07) is 7.60. The molecule has 4 heteroatoms. The Labute approximate surface area is 120 Å². The van der Waals surface area contributed by atoms with Gasteiger partial charge in [0.25, 0.3) is 5.91 Å². The molecule has 0 aromatic heterocycles. The fourth-order valence-electron chi connectivity index (χ4n) is 2.65. The molecule has 4 nitrogen and oxygen atoms in total. The lowest BCUT2D eigenvalue weighted by Gasteiger charge is -2.37. The monoisotopic (exact) mass is 276 g/mol. The predicted octanol–water partition coefficient (Wildman–Crippen LogP) is 2.50. The van der Waals surface area contributed by atoms with Crippen LogP contribution in [0.25, 0.3) is 0 Å². The summed E-state index contributed by atoms with van der Waals surface area (Å²) in [4.78, 5) is 14.4. The number of anilines is 1. The molecule has 1 aromatic rings. The maximum absolute atomic E-state index is 12.6. The van der Waals surface area contributed by atoms with Crippen molar-refractivity contribution in [1.29, 1.82) is 0 Å². The Morgan fingerprint density at radius 3 is 2.90 bits per heavy atom. The average molecular weight is 276 g/mol. The summed E-state index contributed by atoms with van der Waals surface area (Å²) in [7, 11) is 0. The van der Waals surface area contributed by atoms with Gasteiger partial charge in [-0.05, 0) is 38.3 Å². The van der Waals surface area contributed by atoms with Crippen LogP contribution in [0, 0.1) is 0 Å². The number of β-amino-alcohol motifs (C(OH)–C–C–N with tert-alkyl or cyclic N) is 1. The molecule has 1 aliphatic heterocycles. The summed E-state index contributed by atoms with van der Waals surface area (Å²) in [6.45, 7) is 5.87. The number of hydrogen-bond acceptors (Lipinski definition) is 3. The molecule has 0 aliphatic carbocycles. The molecular formula is C16H24N2O2. The number of piperidine rings is 1. The van der Waals surface area contributed by atoms with Crippen LogP contribution >= 0.6 is 0 Å². The van der Waals surface area contributed by atoms with Crippen LogP contribution in [0.5, 0.6) is 0 Å². The highest BCUT2D eigenvalue weighted by Gasteiger charge is 2.31. The summed E-state index contributed by atoms with van der Waals surface area (Å²) in [5.74, 6) is 0.00387. The highest BCUT2D eigenvalue weighted by atomic mass is 16.3. The molecule has 0 radical (unpaired) electrons. The van der Waals surface area contributed by atoms with E-state index in [1.807, 2.05) is 24.3 Å². The maximum Gasteiger partial charge on any atom is 0.256 e. The zero-order valence-corrected chi connectivity index (χ0v) is 12.4. The van der Waals surface area contributed by atoms with Gasteiger partial charge in [0, 0.05) is 25.3 Å². The number of nitrogens with zero attached hydrogens (tertiary/aromatic N) is 1. The van der Waals surface area contributed by atoms with Gasteiger partial charge in [-0.2, -0.15) is 0 Å². The van der Waals surface area contributed by atoms with Crippen LogP contribution in [0.2, 0.25) is 0 Å². The first-order valence-electron chi connectivity index (χ1n) is 7.38. The van der Waals surface area contributed by atoms with Gasteiger partial charge in [-0.3, -0.25) is 4.79 Å². The molecule has 1 atom stereocenters. The molecule has 2 N–H and O–H groups in total. The molecule has 1 heterocycles. The van der Waals surface area contributed by atoms with Gasteiger partial charge in [0.2, 0.25) is 0 Å². The summed E-state index contributed by atoms with van der Waals surface area (Å²) in [5, 5.41) is 13.4. The first-order valence-corrected chi connectivity index (χ1v) is 7.38. The van der Waals surface area contributed by atoms with Gasteiger partial charge in [-0.1, -0.05) is 19.1 Å². The number of rotatable bonds is 4. The smallest absolute Gasteiger partial charge is 0.256 e. The Bertz CT molecular complexity index is 471. The third-order valence-electron chi connectivity index (χ3n) is 3.69. The van der Waals surface area contributed by atoms with Gasteiger partial charge in [0.1, 0.15) is 0 Å². The standard InChI is InChI=1S/C16H24N2O2/c1-3-10-17-14-8-5-4-7-13(14)15(19)18-11-6-9-16(2,20)12-18/h4-5,7-8,17,20H,3,6,9-12H2,1-2H3. The zero-order chi connectivity index (χ0) is 14.6. The molecule has 1 saturated heterocycles. The quantitative estimate of drug-likeness (QED) is 0.888. The van der Waals surface area contributed by atoms with Crippen molar-refractivity contribution in [3.63, 3.8) is 0 Å². The molecule has 110 valence electrons. The molecule has 0 saturated carbocycles. The lowest BCUT2D eigenvalue weighted by molar-refractivity contribution is -0.0107. The van der Waals surface area contributed by atoms with Crippen LogP contribution in [0.4, 0.5) is 5.69 Å². The predicted molar refractivity (Wildman–Crippen MR) is 81.0 cm³/mol. The molecule has 1 aliphatic rings. The van der Waals surface area contributed by atoms with E-state index in [2.05, 4.69) is 12.2 Å². The lowest BCUT2D eigenvalue weighted by Crippen LogP contribution is -2.48. The molecule has 20 heavy (non-hydrogen) atoms. The average Bonchev–Trinajstić information content (AvgIpc) is 2.43. The van der Waals surface area contributed by atoms with Gasteiger partial charge >= 0.3 is 0 Å². The Balaban J connectivity index is 2.16. The highest BCUT2D eigenvalue weighted by molar-refractivity contribution is 5.99. The SMILES string of the molecule is CCCNc1ccccc1C(=O)N1CCCC(C)(O)C1. The Kier molecular flexibility index (Phi) is 4.65. The lowest BCUT2D eigenvalue weighted by atomic mass is 9.94. The molecular weight excluding hydrogens is 252 g/mol. The van der Waals surface area contributed by atoms with E-state index in [1.54, 1.807) is 11.8 Å². The minimum absolute atomic E-state index is 0.00387. The summed E-state index contributed by atoms with van der Waals surface area (Å²) < 4.78 is 0. The van der Waals surface area contributed by atoms with E-state index in [1.165, 1.54) is 0 Å². The van der Waals surface area contributed by atoms with Crippen molar-refractivity contribution in [2.24, 2.45) is 0 Å². The van der Waals surface area contributed by atoms with E-state index in [0.29, 0.717) is 12.1 Å². The minimum Gasteiger partial charge on any atom is -0.388 e. The van der Waals surface area contributed by atoms with E-state index in [4.69, 9.17) is 0 Å². The summed E-state index contributed by atoms with van der Waals surface area (Å²) >= 11 is 0. The number of likely N-dealkylation sites (tertiary alicyclic amines) is 1. The molecule has 1 fully saturated rings. The Morgan fingerprint density at radius 2 is 2.20 bits per heavy atom. The van der Waals surface area contributed by atoms with Crippen molar-refractivity contribution in [1.82, 2.24) is 4.90 Å². The van der Waals surface area contributed by atoms with Crippen LogP contribution < -0.4 is 5.32 Å². The van der Waals surface area contributed by atoms with Crippen LogP contribution in [0.1, 0.15) is 43.5 Å². The number of hydrogen-bond donors (Lipinski definition) is 2. The number of amides is 1. The third-order valence-corrected chi connectivity index (χ3v) is 3.69. The number of carbonyl (C=O) groups excluding carboxylic acids is 1. The number of carbonyl (C=O) groups is 1. The van der Waals surface area contributed by atoms with Gasteiger partial charge < -0.3 is 15.3 Å². The van der Waals surface area contributed by atoms with Crippen molar-refractivity contribution in [2.45, 2.75) is 38.7 Å². The Hall–Kier alpha value is -1.55. The topological polar surface area (TPSA) is 52.6 Å². The summed E-state index contributed by atoms with van der Waals surface area (Å²) in [6.07, 6.45) is 2.62. The largest absolute Gasteiger partial charge is 0.388 e. The van der Waals surface area contributed by atoms with Crippen LogP contribution in [-0.4, -0.2) is 41.1 Å². The molecule has 0 bridgehead atoms. The van der Waals surface area contributed by atoms with E-state index in [9.17, 15) is 9.90 Å². The first kappa shape index (κ1) is 14.9. The van der Waals surface area contributed by atoms with Crippen molar-refractivity contribution < 1.29 is 9.90 Å². The second kappa shape index (κ2) is 6.27. The first-order chi connectivity index (χ1) is 9.53. The zero-order valence-electron chi connectivity index (χ0n) is 12.4. The van der Waals surface area contributed by atoms with Gasteiger partial charge in [-0.25, -0.2) is 0 Å². The fraction of sp³-hybridized carbons (Fsp3) is 0.562. The Morgan fingerprint density at radius 1 is 1.45 bits per heavy atom. The molecule has 2 rings (SSSR count). The van der Waals surface area contributed by atoms with E-state index in [0.717, 1.165) is 38.0 Å². The van der Waals surface area contributed by atoms with E-state index >= 15 is 0 Å². The minimum atomic E-state index is -0.764. The highest BCUT2D eigenvalue weighted by Crippen LogP contribution is 2.24. The van der Waals surface area contributed by atoms with Crippen molar-refractivity contribution in [2.75, 3.05) is 25.0 Å². The number of aliphatic hydroxyl groups is 1. The van der Waals surface area contributed by atoms with Crippen LogP contribution in [0.3, 0.4) is 0 Å². The maximum atomic E-state index is 12.6. The van der Waals surface area contributed by atoms with Crippen molar-refractivity contribution >= 4 is 11.6 Å². The van der Waals surface area contributed by atoms with Crippen molar-refractivity contribution in [3.8, 4) is 0 Å². The van der Waals surface area contributed by atoms with E-state index < -0.39 is 5.60 Å². The second-order valence-electron chi connectivity index (χ2n) is 5.80. The third kappa shape index (κ3) is 3.51. The number of nitrogens with one attached hydrogen (secondary N) is 1. The van der Waals surface area contributed by atoms with Gasteiger partial charge in [0.05, 0.1) is 11.2 Å². The van der Waals surface area contributed by atoms with Gasteiger partial charge in [0.15, 0.2) is 0 Å². The molecule has 0 spiro atoms. The molecule has 1 unspecified atom stereocenters. The van der Waals surface area contributed by atoms with Crippen LogP contribution in [-0.2, 0) is 0 Å². The van der Waals surface area contributed by atoms with E-state index in [-0.39, 0.29) is 5.91 Å². The molecule has 1 amide bonds. The number of para-hydroxylation sites is 1. The normalized spacial score (nSPS) is 22.6. The van der Waals surface area contributed by atoms with Gasteiger partial charge in [-0.15, -0.1) is 0 Å². The fourth-order valence-corrected chi connectivity index (χ4v) is 2.65. The number of benzene rings is 1.